The minimum Gasteiger partial charge on any atom is -0.306 e. The smallest absolute Gasteiger partial charge is 0.267 e. The van der Waals surface area contributed by atoms with Gasteiger partial charge in [0.1, 0.15) is 4.90 Å². The van der Waals surface area contributed by atoms with Crippen molar-refractivity contribution < 1.29 is 21.6 Å². The van der Waals surface area contributed by atoms with Crippen LogP contribution in [0.2, 0.25) is 0 Å². The highest BCUT2D eigenvalue weighted by atomic mass is 32.2. The molecule has 1 fully saturated rings. The third kappa shape index (κ3) is 2.73. The van der Waals surface area contributed by atoms with E-state index in [4.69, 9.17) is 0 Å². The van der Waals surface area contributed by atoms with E-state index in [0.717, 1.165) is 17.2 Å². The van der Waals surface area contributed by atoms with Crippen LogP contribution in [0.3, 0.4) is 0 Å². The molecule has 2 atom stereocenters. The normalized spacial score (nSPS) is 22.6. The number of aryl methyl sites for hydroxylation is 1. The molecule has 0 bridgehead atoms. The topological polar surface area (TPSA) is 40.6 Å². The van der Waals surface area contributed by atoms with Gasteiger partial charge in [-0.15, -0.1) is 0 Å². The Balaban J connectivity index is 1.89. The van der Waals surface area contributed by atoms with E-state index in [1.807, 2.05) is 20.0 Å². The van der Waals surface area contributed by atoms with Gasteiger partial charge in [-0.05, 0) is 50.7 Å². The summed E-state index contributed by atoms with van der Waals surface area (Å²) in [6.07, 6.45) is 0.569. The van der Waals surface area contributed by atoms with Gasteiger partial charge in [0.15, 0.2) is 17.5 Å². The van der Waals surface area contributed by atoms with E-state index < -0.39 is 32.4 Å². The molecule has 8 heteroatoms. The molecule has 2 aromatic rings. The van der Waals surface area contributed by atoms with E-state index in [1.54, 1.807) is 12.1 Å². The third-order valence-electron chi connectivity index (χ3n) is 5.44. The molecular formula is C19H19F3N2O2S. The predicted octanol–water partition coefficient (Wildman–Crippen LogP) is 3.41. The van der Waals surface area contributed by atoms with Crippen LogP contribution < -0.4 is 4.31 Å². The Bertz CT molecular complexity index is 1030. The number of rotatable bonds is 2. The van der Waals surface area contributed by atoms with Crippen LogP contribution in [0.5, 0.6) is 0 Å². The van der Waals surface area contributed by atoms with E-state index in [1.165, 1.54) is 4.31 Å². The van der Waals surface area contributed by atoms with Crippen molar-refractivity contribution in [1.29, 1.82) is 0 Å². The number of fused-ring (bicyclic) bond motifs is 3. The van der Waals surface area contributed by atoms with E-state index in [0.29, 0.717) is 31.3 Å². The van der Waals surface area contributed by atoms with Crippen LogP contribution in [-0.2, 0) is 10.0 Å². The van der Waals surface area contributed by atoms with Crippen molar-refractivity contribution in [2.45, 2.75) is 30.2 Å². The third-order valence-corrected chi connectivity index (χ3v) is 7.29. The molecule has 2 aromatic carbocycles. The number of nitrogens with zero attached hydrogens (tertiary/aromatic N) is 2. The first-order valence-electron chi connectivity index (χ1n) is 8.69. The zero-order chi connectivity index (χ0) is 19.5. The Morgan fingerprint density at radius 2 is 1.81 bits per heavy atom. The summed E-state index contributed by atoms with van der Waals surface area (Å²) in [5.41, 5.74) is 2.37. The van der Waals surface area contributed by atoms with Gasteiger partial charge >= 0.3 is 0 Å². The molecule has 0 radical (unpaired) electrons. The molecule has 0 saturated carbocycles. The zero-order valence-corrected chi connectivity index (χ0v) is 15.7. The maximum absolute atomic E-state index is 14.3. The van der Waals surface area contributed by atoms with Crippen LogP contribution in [0.1, 0.15) is 23.5 Å². The molecule has 2 aliphatic heterocycles. The Kier molecular flexibility index (Phi) is 4.23. The molecule has 1 saturated heterocycles. The molecule has 0 unspecified atom stereocenters. The van der Waals surface area contributed by atoms with E-state index >= 15 is 0 Å². The first kappa shape index (κ1) is 18.3. The summed E-state index contributed by atoms with van der Waals surface area (Å²) in [5, 5.41) is 0. The second-order valence-corrected chi connectivity index (χ2v) is 9.04. The Hall–Kier alpha value is -2.06. The molecule has 2 heterocycles. The lowest BCUT2D eigenvalue weighted by Gasteiger charge is -2.36. The number of sulfonamides is 1. The second kappa shape index (κ2) is 6.24. The number of anilines is 1. The first-order valence-corrected chi connectivity index (χ1v) is 10.1. The molecule has 0 aliphatic carbocycles. The fourth-order valence-electron chi connectivity index (χ4n) is 4.16. The van der Waals surface area contributed by atoms with Gasteiger partial charge in [0.25, 0.3) is 10.0 Å². The number of benzene rings is 2. The van der Waals surface area contributed by atoms with Gasteiger partial charge in [-0.25, -0.2) is 21.6 Å². The van der Waals surface area contributed by atoms with Crippen molar-refractivity contribution in [3.8, 4) is 0 Å². The van der Waals surface area contributed by atoms with Crippen LogP contribution >= 0.6 is 0 Å². The SMILES string of the molecule is Cc1ccc2c(c1)[C@H]1CN(C)CC[C@@H]1N2S(=O)(=O)c1ccc(F)c(F)c1F. The van der Waals surface area contributed by atoms with Gasteiger partial charge in [-0.3, -0.25) is 4.31 Å². The highest BCUT2D eigenvalue weighted by Crippen LogP contribution is 2.47. The van der Waals surface area contributed by atoms with Crippen LogP contribution in [-0.4, -0.2) is 39.5 Å². The second-order valence-electron chi connectivity index (χ2n) is 7.26. The molecule has 27 heavy (non-hydrogen) atoms. The van der Waals surface area contributed by atoms with Crippen molar-refractivity contribution in [2.24, 2.45) is 0 Å². The van der Waals surface area contributed by atoms with E-state index in [-0.39, 0.29) is 12.0 Å². The zero-order valence-electron chi connectivity index (χ0n) is 14.9. The summed E-state index contributed by atoms with van der Waals surface area (Å²) in [4.78, 5) is 1.29. The summed E-state index contributed by atoms with van der Waals surface area (Å²) >= 11 is 0. The summed E-state index contributed by atoms with van der Waals surface area (Å²) in [6, 6.07) is 6.50. The standard InChI is InChI=1S/C19H19F3N2O2S/c1-11-3-5-15-12(9-11)13-10-23(2)8-7-16(13)24(15)27(25,26)17-6-4-14(20)18(21)19(17)22/h3-6,9,13,16H,7-8,10H2,1-2H3/t13-,16+/m1/s1. The van der Waals surface area contributed by atoms with E-state index in [2.05, 4.69) is 4.90 Å². The quantitative estimate of drug-likeness (QED) is 0.731. The van der Waals surface area contributed by atoms with Crippen molar-refractivity contribution in [3.63, 3.8) is 0 Å². The maximum Gasteiger partial charge on any atom is 0.267 e. The molecule has 4 rings (SSSR count). The van der Waals surface area contributed by atoms with Crippen LogP contribution in [0, 0.1) is 24.4 Å². The van der Waals surface area contributed by atoms with Gasteiger partial charge in [-0.1, -0.05) is 17.7 Å². The number of hydrogen-bond donors (Lipinski definition) is 0. The van der Waals surface area contributed by atoms with Gasteiger partial charge < -0.3 is 4.90 Å². The number of hydrogen-bond acceptors (Lipinski definition) is 3. The van der Waals surface area contributed by atoms with E-state index in [9.17, 15) is 21.6 Å². The van der Waals surface area contributed by atoms with Gasteiger partial charge in [0.2, 0.25) is 0 Å². The summed E-state index contributed by atoms with van der Waals surface area (Å²) in [6.45, 7) is 3.29. The highest BCUT2D eigenvalue weighted by molar-refractivity contribution is 7.93. The van der Waals surface area contributed by atoms with Gasteiger partial charge in [-0.2, -0.15) is 0 Å². The molecule has 0 spiro atoms. The molecule has 4 nitrogen and oxygen atoms in total. The molecular weight excluding hydrogens is 377 g/mol. The Morgan fingerprint density at radius 1 is 1.07 bits per heavy atom. The highest BCUT2D eigenvalue weighted by Gasteiger charge is 2.47. The van der Waals surface area contributed by atoms with Crippen LogP contribution in [0.4, 0.5) is 18.9 Å². The largest absolute Gasteiger partial charge is 0.306 e. The maximum atomic E-state index is 14.3. The Labute approximate surface area is 156 Å². The molecule has 144 valence electrons. The average molecular weight is 396 g/mol. The molecule has 0 amide bonds. The lowest BCUT2D eigenvalue weighted by molar-refractivity contribution is 0.237. The summed E-state index contributed by atoms with van der Waals surface area (Å²) in [5.74, 6) is -4.93. The molecule has 2 aliphatic rings. The lowest BCUT2D eigenvalue weighted by Crippen LogP contribution is -2.47. The number of likely N-dealkylation sites (tertiary alicyclic amines) is 1. The van der Waals surface area contributed by atoms with Crippen molar-refractivity contribution >= 4 is 15.7 Å². The summed E-state index contributed by atoms with van der Waals surface area (Å²) < 4.78 is 69.1. The van der Waals surface area contributed by atoms with Gasteiger partial charge in [0.05, 0.1) is 11.7 Å². The number of piperidine rings is 1. The number of halogens is 3. The average Bonchev–Trinajstić information content (AvgIpc) is 2.93. The summed E-state index contributed by atoms with van der Waals surface area (Å²) in [7, 11) is -2.42. The van der Waals surface area contributed by atoms with Crippen molar-refractivity contribution in [1.82, 2.24) is 4.90 Å². The molecule has 0 N–H and O–H groups in total. The minimum absolute atomic E-state index is 0.0539. The fourth-order valence-corrected chi connectivity index (χ4v) is 5.96. The van der Waals surface area contributed by atoms with Crippen LogP contribution in [0.25, 0.3) is 0 Å². The first-order chi connectivity index (χ1) is 12.7. The number of likely N-dealkylation sites (N-methyl/N-ethyl adjacent to an activating group) is 1. The fraction of sp³-hybridized carbons (Fsp3) is 0.368. The van der Waals surface area contributed by atoms with Crippen molar-refractivity contribution in [3.05, 3.63) is 58.9 Å². The Morgan fingerprint density at radius 3 is 2.56 bits per heavy atom. The minimum atomic E-state index is -4.39. The molecule has 0 aromatic heterocycles. The van der Waals surface area contributed by atoms with Crippen LogP contribution in [0.15, 0.2) is 35.2 Å². The predicted molar refractivity (Wildman–Crippen MR) is 95.8 cm³/mol. The van der Waals surface area contributed by atoms with Crippen molar-refractivity contribution in [2.75, 3.05) is 24.4 Å². The monoisotopic (exact) mass is 396 g/mol. The van der Waals surface area contributed by atoms with Gasteiger partial charge in [0, 0.05) is 12.5 Å². The lowest BCUT2D eigenvalue weighted by atomic mass is 9.89.